The minimum absolute atomic E-state index is 0.0422. The molecule has 1 aliphatic carbocycles. The molecule has 4 N–H and O–H groups in total. The molecule has 1 saturated carbocycles. The van der Waals surface area contributed by atoms with Crippen LogP contribution in [0.3, 0.4) is 0 Å². The van der Waals surface area contributed by atoms with Crippen LogP contribution in [0.15, 0.2) is 0 Å². The Bertz CT molecular complexity index is 307. The molecule has 2 unspecified atom stereocenters. The molecule has 0 aromatic heterocycles. The summed E-state index contributed by atoms with van der Waals surface area (Å²) in [5.74, 6) is 1.41. The highest BCUT2D eigenvalue weighted by Gasteiger charge is 2.35. The zero-order valence-electron chi connectivity index (χ0n) is 13.3. The van der Waals surface area contributed by atoms with E-state index in [9.17, 15) is 9.90 Å². The van der Waals surface area contributed by atoms with Crippen molar-refractivity contribution in [2.45, 2.75) is 64.8 Å². The average molecular weight is 284 g/mol. The van der Waals surface area contributed by atoms with E-state index >= 15 is 0 Å². The Hall–Kier alpha value is -0.610. The summed E-state index contributed by atoms with van der Waals surface area (Å²) in [5, 5.41) is 12.8. The van der Waals surface area contributed by atoms with Gasteiger partial charge in [-0.05, 0) is 43.6 Å². The highest BCUT2D eigenvalue weighted by molar-refractivity contribution is 5.77. The van der Waals surface area contributed by atoms with Gasteiger partial charge in [-0.2, -0.15) is 0 Å². The number of carbonyl (C=O) groups is 1. The molecule has 4 nitrogen and oxygen atoms in total. The lowest BCUT2D eigenvalue weighted by atomic mass is 9.76. The molecule has 0 aromatic carbocycles. The van der Waals surface area contributed by atoms with Gasteiger partial charge in [0.2, 0.25) is 5.91 Å². The Morgan fingerprint density at radius 2 is 2.20 bits per heavy atom. The van der Waals surface area contributed by atoms with Crippen LogP contribution in [0.4, 0.5) is 0 Å². The standard InChI is InChI=1S/C16H32N2O2/c1-12(2)7-14(10-17)8-15(20)18-16(11-19)6-4-5-13(3)9-16/h12-14,19H,4-11,17H2,1-3H3,(H,18,20)/t13?,14-,16?/m0/s1. The van der Waals surface area contributed by atoms with E-state index < -0.39 is 5.54 Å². The Morgan fingerprint density at radius 3 is 2.70 bits per heavy atom. The van der Waals surface area contributed by atoms with Gasteiger partial charge in [0, 0.05) is 6.42 Å². The zero-order valence-corrected chi connectivity index (χ0v) is 13.3. The first-order valence-electron chi connectivity index (χ1n) is 8.02. The number of hydrogen-bond acceptors (Lipinski definition) is 3. The number of nitrogens with one attached hydrogen (secondary N) is 1. The summed E-state index contributed by atoms with van der Waals surface area (Å²) < 4.78 is 0. The molecule has 0 heterocycles. The highest BCUT2D eigenvalue weighted by Crippen LogP contribution is 2.32. The second kappa shape index (κ2) is 7.99. The van der Waals surface area contributed by atoms with Crippen LogP contribution < -0.4 is 11.1 Å². The molecule has 1 amide bonds. The molecular weight excluding hydrogens is 252 g/mol. The van der Waals surface area contributed by atoms with Gasteiger partial charge < -0.3 is 16.2 Å². The predicted molar refractivity (Wildman–Crippen MR) is 82.2 cm³/mol. The van der Waals surface area contributed by atoms with Crippen LogP contribution in [0.1, 0.15) is 59.3 Å². The molecule has 0 aromatic rings. The maximum atomic E-state index is 12.3. The summed E-state index contributed by atoms with van der Waals surface area (Å²) >= 11 is 0. The van der Waals surface area contributed by atoms with Gasteiger partial charge in [-0.15, -0.1) is 0 Å². The largest absolute Gasteiger partial charge is 0.394 e. The van der Waals surface area contributed by atoms with Crippen molar-refractivity contribution in [2.75, 3.05) is 13.2 Å². The van der Waals surface area contributed by atoms with Crippen LogP contribution >= 0.6 is 0 Å². The number of hydrogen-bond donors (Lipinski definition) is 3. The Labute approximate surface area is 123 Å². The number of amides is 1. The van der Waals surface area contributed by atoms with Crippen molar-refractivity contribution in [3.05, 3.63) is 0 Å². The van der Waals surface area contributed by atoms with Gasteiger partial charge in [-0.3, -0.25) is 4.79 Å². The zero-order chi connectivity index (χ0) is 15.2. The minimum Gasteiger partial charge on any atom is -0.394 e. The molecule has 0 radical (unpaired) electrons. The third-order valence-corrected chi connectivity index (χ3v) is 4.41. The van der Waals surface area contributed by atoms with Crippen molar-refractivity contribution in [3.8, 4) is 0 Å². The monoisotopic (exact) mass is 284 g/mol. The summed E-state index contributed by atoms with van der Waals surface area (Å²) in [7, 11) is 0. The molecule has 1 rings (SSSR count). The summed E-state index contributed by atoms with van der Waals surface area (Å²) in [6, 6.07) is 0. The highest BCUT2D eigenvalue weighted by atomic mass is 16.3. The first-order valence-corrected chi connectivity index (χ1v) is 8.02. The molecule has 1 fully saturated rings. The summed E-state index contributed by atoms with van der Waals surface area (Å²) in [4.78, 5) is 12.3. The second-order valence-corrected chi connectivity index (χ2v) is 7.12. The molecule has 4 heteroatoms. The van der Waals surface area contributed by atoms with Crippen LogP contribution in [0.5, 0.6) is 0 Å². The SMILES string of the molecule is CC(C)C[C@H](CN)CC(=O)NC1(CO)CCCC(C)C1. The number of carbonyl (C=O) groups excluding carboxylic acids is 1. The van der Waals surface area contributed by atoms with Crippen molar-refractivity contribution >= 4 is 5.91 Å². The van der Waals surface area contributed by atoms with Gasteiger partial charge in [0.05, 0.1) is 12.1 Å². The van der Waals surface area contributed by atoms with E-state index in [2.05, 4.69) is 26.1 Å². The lowest BCUT2D eigenvalue weighted by Gasteiger charge is -2.39. The first kappa shape index (κ1) is 17.4. The smallest absolute Gasteiger partial charge is 0.220 e. The summed E-state index contributed by atoms with van der Waals surface area (Å²) in [6.07, 6.45) is 5.49. The van der Waals surface area contributed by atoms with Gasteiger partial charge in [0.1, 0.15) is 0 Å². The maximum Gasteiger partial charge on any atom is 0.220 e. The van der Waals surface area contributed by atoms with E-state index in [0.29, 0.717) is 24.8 Å². The molecule has 1 aliphatic rings. The fourth-order valence-electron chi connectivity index (χ4n) is 3.50. The van der Waals surface area contributed by atoms with Crippen molar-refractivity contribution in [2.24, 2.45) is 23.5 Å². The van der Waals surface area contributed by atoms with Gasteiger partial charge in [0.15, 0.2) is 0 Å². The molecule has 0 spiro atoms. The average Bonchev–Trinajstić information content (AvgIpc) is 2.37. The number of rotatable bonds is 7. The van der Waals surface area contributed by atoms with E-state index in [1.165, 1.54) is 6.42 Å². The fraction of sp³-hybridized carbons (Fsp3) is 0.938. The quantitative estimate of drug-likeness (QED) is 0.670. The normalized spacial score (nSPS) is 28.4. The Morgan fingerprint density at radius 1 is 1.50 bits per heavy atom. The van der Waals surface area contributed by atoms with Crippen molar-refractivity contribution < 1.29 is 9.90 Å². The van der Waals surface area contributed by atoms with E-state index in [-0.39, 0.29) is 18.4 Å². The van der Waals surface area contributed by atoms with Crippen LogP contribution in [0.2, 0.25) is 0 Å². The van der Waals surface area contributed by atoms with E-state index in [1.54, 1.807) is 0 Å². The van der Waals surface area contributed by atoms with E-state index in [1.807, 2.05) is 0 Å². The molecule has 0 bridgehead atoms. The maximum absolute atomic E-state index is 12.3. The Kier molecular flexibility index (Phi) is 6.96. The lowest BCUT2D eigenvalue weighted by Crippen LogP contribution is -2.54. The third-order valence-electron chi connectivity index (χ3n) is 4.41. The summed E-state index contributed by atoms with van der Waals surface area (Å²) in [5.41, 5.74) is 5.36. The van der Waals surface area contributed by atoms with Crippen molar-refractivity contribution in [1.29, 1.82) is 0 Å². The van der Waals surface area contributed by atoms with Crippen molar-refractivity contribution in [1.82, 2.24) is 5.32 Å². The molecule has 0 aliphatic heterocycles. The van der Waals surface area contributed by atoms with E-state index in [0.717, 1.165) is 25.7 Å². The minimum atomic E-state index is -0.397. The molecule has 118 valence electrons. The molecule has 20 heavy (non-hydrogen) atoms. The molecule has 0 saturated heterocycles. The predicted octanol–water partition coefficient (Wildman–Crippen LogP) is 2.05. The number of aliphatic hydroxyl groups is 1. The summed E-state index contributed by atoms with van der Waals surface area (Å²) in [6.45, 7) is 7.09. The van der Waals surface area contributed by atoms with Gasteiger partial charge in [0.25, 0.3) is 0 Å². The number of aliphatic hydroxyl groups excluding tert-OH is 1. The number of nitrogens with two attached hydrogens (primary N) is 1. The lowest BCUT2D eigenvalue weighted by molar-refractivity contribution is -0.125. The van der Waals surface area contributed by atoms with Crippen molar-refractivity contribution in [3.63, 3.8) is 0 Å². The van der Waals surface area contributed by atoms with Gasteiger partial charge in [-0.25, -0.2) is 0 Å². The van der Waals surface area contributed by atoms with Gasteiger partial charge in [-0.1, -0.05) is 33.6 Å². The van der Waals surface area contributed by atoms with Crippen LogP contribution in [-0.4, -0.2) is 29.7 Å². The van der Waals surface area contributed by atoms with E-state index in [4.69, 9.17) is 5.73 Å². The Balaban J connectivity index is 2.54. The molecular formula is C16H32N2O2. The first-order chi connectivity index (χ1) is 9.40. The third kappa shape index (κ3) is 5.41. The molecule has 3 atom stereocenters. The second-order valence-electron chi connectivity index (χ2n) is 7.12. The van der Waals surface area contributed by atoms with Gasteiger partial charge >= 0.3 is 0 Å². The van der Waals surface area contributed by atoms with Crippen LogP contribution in [0.25, 0.3) is 0 Å². The topological polar surface area (TPSA) is 75.4 Å². The fourth-order valence-corrected chi connectivity index (χ4v) is 3.50. The van der Waals surface area contributed by atoms with Crippen LogP contribution in [0, 0.1) is 17.8 Å². The van der Waals surface area contributed by atoms with Crippen LogP contribution in [-0.2, 0) is 4.79 Å².